The van der Waals surface area contributed by atoms with E-state index in [-0.39, 0.29) is 20.0 Å². The zero-order chi connectivity index (χ0) is 16.8. The van der Waals surface area contributed by atoms with Gasteiger partial charge in [-0.2, -0.15) is 0 Å². The summed E-state index contributed by atoms with van der Waals surface area (Å²) in [7, 11) is 0.106. The molecule has 0 aliphatic heterocycles. The van der Waals surface area contributed by atoms with Crippen LogP contribution >= 0.6 is 0 Å². The molecular weight excluding hydrogens is 308 g/mol. The number of rotatable bonds is 7. The number of nitrogens with zero attached hydrogens (tertiary/aromatic N) is 1. The monoisotopic (exact) mass is 319 g/mol. The van der Waals surface area contributed by atoms with Crippen LogP contribution in [0.25, 0.3) is 0 Å². The van der Waals surface area contributed by atoms with E-state index in [0.717, 1.165) is 0 Å². The Balaban J connectivity index is 2.91. The molecule has 1 aromatic carbocycles. The summed E-state index contributed by atoms with van der Waals surface area (Å²) in [6.07, 6.45) is -5.79. The molecule has 0 unspecified atom stereocenters. The molecule has 9 heteroatoms. The van der Waals surface area contributed by atoms with E-state index in [1.807, 2.05) is 0 Å². The number of carbonyl (C=O) groups excluding carboxylic acids is 1. The summed E-state index contributed by atoms with van der Waals surface area (Å²) in [6, 6.07) is 6.34. The molecular formula is C13H11BF5NO2. The summed E-state index contributed by atoms with van der Waals surface area (Å²) < 4.78 is 73.1. The maximum absolute atomic E-state index is 13.1. The van der Waals surface area contributed by atoms with Crippen LogP contribution in [0.15, 0.2) is 35.3 Å². The van der Waals surface area contributed by atoms with Gasteiger partial charge in [-0.25, -0.2) is 0 Å². The second-order valence-corrected chi connectivity index (χ2v) is 4.41. The summed E-state index contributed by atoms with van der Waals surface area (Å²) in [4.78, 5) is 14.7. The fourth-order valence-electron chi connectivity index (χ4n) is 1.71. The number of hydrogen-bond donors (Lipinski definition) is 0. The Kier molecular flexibility index (Phi) is 6.07. The summed E-state index contributed by atoms with van der Waals surface area (Å²) in [5.41, 5.74) is 0.650. The fourth-order valence-corrected chi connectivity index (χ4v) is 1.71. The first-order valence-corrected chi connectivity index (χ1v) is 6.20. The quantitative estimate of drug-likeness (QED) is 0.441. The Morgan fingerprint density at radius 2 is 1.77 bits per heavy atom. The Hall–Kier alpha value is -1.93. The van der Waals surface area contributed by atoms with E-state index < -0.39 is 23.9 Å². The minimum absolute atomic E-state index is 0.0708. The molecule has 0 saturated carbocycles. The van der Waals surface area contributed by atoms with Crippen molar-refractivity contribution in [3.8, 4) is 0 Å². The number of aryl methyl sites for hydroxylation is 1. The van der Waals surface area contributed by atoms with Crippen LogP contribution in [0.5, 0.6) is 0 Å². The van der Waals surface area contributed by atoms with Crippen molar-refractivity contribution in [2.45, 2.75) is 31.0 Å². The third kappa shape index (κ3) is 4.54. The van der Waals surface area contributed by atoms with Gasteiger partial charge in [-0.05, 0) is 0 Å². The number of Topliss-reactive ketones (excluding diaryl/α,β-unsaturated/α-hetero) is 1. The van der Waals surface area contributed by atoms with Crippen molar-refractivity contribution in [3.05, 3.63) is 35.9 Å². The molecule has 0 spiro atoms. The van der Waals surface area contributed by atoms with Gasteiger partial charge < -0.3 is 0 Å². The van der Waals surface area contributed by atoms with Crippen molar-refractivity contribution < 1.29 is 31.5 Å². The van der Waals surface area contributed by atoms with Crippen LogP contribution in [-0.2, 0) is 15.9 Å². The van der Waals surface area contributed by atoms with Crippen molar-refractivity contribution in [1.82, 2.24) is 0 Å². The predicted molar refractivity (Wildman–Crippen MR) is 69.5 cm³/mol. The second kappa shape index (κ2) is 7.37. The summed E-state index contributed by atoms with van der Waals surface area (Å²) in [5.74, 6) is -7.87. The zero-order valence-corrected chi connectivity index (χ0v) is 11.2. The summed E-state index contributed by atoms with van der Waals surface area (Å²) in [6.45, 7) is 0. The van der Waals surface area contributed by atoms with Gasteiger partial charge in [-0.1, -0.05) is 0 Å². The molecule has 1 atom stereocenters. The molecule has 22 heavy (non-hydrogen) atoms. The third-order valence-corrected chi connectivity index (χ3v) is 2.84. The van der Waals surface area contributed by atoms with Gasteiger partial charge in [0.1, 0.15) is 0 Å². The molecule has 0 aliphatic rings. The van der Waals surface area contributed by atoms with Gasteiger partial charge >= 0.3 is 122 Å². The molecule has 0 fully saturated rings. The number of benzene rings is 1. The molecule has 0 radical (unpaired) electrons. The van der Waals surface area contributed by atoms with Crippen LogP contribution in [0.3, 0.4) is 0 Å². The predicted octanol–water partition coefficient (Wildman–Crippen LogP) is 2.83. The van der Waals surface area contributed by atoms with Crippen molar-refractivity contribution >= 4 is 19.0 Å². The molecule has 1 aromatic rings. The van der Waals surface area contributed by atoms with Crippen molar-refractivity contribution in [2.75, 3.05) is 0 Å². The van der Waals surface area contributed by atoms with Crippen LogP contribution in [-0.4, -0.2) is 37.2 Å². The number of halogens is 5. The minimum atomic E-state index is -5.99. The Morgan fingerprint density at radius 3 is 2.27 bits per heavy atom. The zero-order valence-electron chi connectivity index (χ0n) is 11.2. The molecule has 0 amide bonds. The first kappa shape index (κ1) is 18.1. The van der Waals surface area contributed by atoms with Crippen LogP contribution < -0.4 is 0 Å². The van der Waals surface area contributed by atoms with Gasteiger partial charge in [-0.3, -0.25) is 0 Å². The standard InChI is InChI=1S/C13H11BF5NO2/c15-12(16,13(17,18)19)11(21)10(20-8-14-22)7-6-9-4-2-1-3-5-9/h1-5,8,10H,6-7H2/t10-/m0/s1. The van der Waals surface area contributed by atoms with Gasteiger partial charge in [0.2, 0.25) is 0 Å². The fraction of sp³-hybridized carbons (Fsp3) is 0.385. The topological polar surface area (TPSA) is 46.5 Å². The average molecular weight is 319 g/mol. The van der Waals surface area contributed by atoms with Crippen LogP contribution in [0.1, 0.15) is 12.0 Å². The van der Waals surface area contributed by atoms with Crippen molar-refractivity contribution in [2.24, 2.45) is 4.99 Å². The van der Waals surface area contributed by atoms with Gasteiger partial charge in [0.25, 0.3) is 0 Å². The first-order chi connectivity index (χ1) is 10.2. The summed E-state index contributed by atoms with van der Waals surface area (Å²) in [5, 5.41) is 0. The van der Waals surface area contributed by atoms with Gasteiger partial charge in [0.15, 0.2) is 0 Å². The molecule has 0 aromatic heterocycles. The molecule has 0 aliphatic carbocycles. The Morgan fingerprint density at radius 1 is 1.18 bits per heavy atom. The normalized spacial score (nSPS) is 13.9. The number of aliphatic imine (C=N–C) groups is 1. The molecule has 3 nitrogen and oxygen atoms in total. The SMILES string of the molecule is O=BC=N[C@@H](CCc1ccccc1)C(=O)C(F)(F)C(F)(F)F. The van der Waals surface area contributed by atoms with Gasteiger partial charge in [0, 0.05) is 0 Å². The molecule has 0 bridgehead atoms. The van der Waals surface area contributed by atoms with E-state index in [9.17, 15) is 31.5 Å². The van der Waals surface area contributed by atoms with E-state index >= 15 is 0 Å². The van der Waals surface area contributed by atoms with E-state index in [1.165, 1.54) is 0 Å². The Bertz CT molecular complexity index is 545. The van der Waals surface area contributed by atoms with E-state index in [1.54, 1.807) is 30.3 Å². The molecule has 0 N–H and O–H groups in total. The van der Waals surface area contributed by atoms with E-state index in [4.69, 9.17) is 0 Å². The van der Waals surface area contributed by atoms with E-state index in [0.29, 0.717) is 11.7 Å². The third-order valence-electron chi connectivity index (χ3n) is 2.84. The second-order valence-electron chi connectivity index (χ2n) is 4.41. The van der Waals surface area contributed by atoms with Gasteiger partial charge in [0.05, 0.1) is 0 Å². The average Bonchev–Trinajstić information content (AvgIpc) is 2.46. The van der Waals surface area contributed by atoms with Crippen LogP contribution in [0, 0.1) is 0 Å². The molecule has 118 valence electrons. The number of hydrogen-bond acceptors (Lipinski definition) is 3. The number of alkyl halides is 5. The first-order valence-electron chi connectivity index (χ1n) is 6.20. The number of ketones is 1. The van der Waals surface area contributed by atoms with Gasteiger partial charge in [-0.15, -0.1) is 0 Å². The molecule has 0 heterocycles. The van der Waals surface area contributed by atoms with Crippen molar-refractivity contribution in [1.29, 1.82) is 0 Å². The molecule has 0 saturated heterocycles. The number of carbonyl (C=O) groups is 1. The van der Waals surface area contributed by atoms with Crippen molar-refractivity contribution in [3.63, 3.8) is 0 Å². The Labute approximate surface area is 123 Å². The van der Waals surface area contributed by atoms with Crippen LogP contribution in [0.2, 0.25) is 0 Å². The maximum atomic E-state index is 13.1. The summed E-state index contributed by atoms with van der Waals surface area (Å²) >= 11 is 0. The van der Waals surface area contributed by atoms with E-state index in [2.05, 4.69) is 4.99 Å². The molecule has 1 rings (SSSR count). The van der Waals surface area contributed by atoms with Crippen LogP contribution in [0.4, 0.5) is 22.0 Å².